The minimum atomic E-state index is -3.83. The molecule has 2 aromatic carbocycles. The predicted molar refractivity (Wildman–Crippen MR) is 114 cm³/mol. The van der Waals surface area contributed by atoms with Crippen LogP contribution in [0.1, 0.15) is 12.8 Å². The first-order chi connectivity index (χ1) is 13.6. The van der Waals surface area contributed by atoms with Crippen LogP contribution in [0.15, 0.2) is 62.8 Å². The van der Waals surface area contributed by atoms with Gasteiger partial charge in [0.05, 0.1) is 9.79 Å². The number of nitrogens with zero attached hydrogens (tertiary/aromatic N) is 1. The molecule has 156 valence electrons. The van der Waals surface area contributed by atoms with Crippen molar-refractivity contribution in [1.82, 2.24) is 4.31 Å². The lowest BCUT2D eigenvalue weighted by Crippen LogP contribution is -2.41. The molecule has 1 amide bonds. The number of sulfonamides is 1. The van der Waals surface area contributed by atoms with Crippen molar-refractivity contribution in [2.75, 3.05) is 24.7 Å². The molecule has 2 aromatic rings. The van der Waals surface area contributed by atoms with Crippen LogP contribution in [0.25, 0.3) is 0 Å². The number of carbonyl (C=O) groups excluding carboxylic acids is 1. The van der Waals surface area contributed by atoms with E-state index in [0.717, 1.165) is 10.7 Å². The number of benzene rings is 2. The van der Waals surface area contributed by atoms with E-state index < -0.39 is 19.9 Å². The average Bonchev–Trinajstić information content (AvgIpc) is 2.67. The monoisotopic (exact) mass is 500 g/mol. The molecule has 1 N–H and O–H groups in total. The number of piperidine rings is 1. The van der Waals surface area contributed by atoms with Gasteiger partial charge in [0.2, 0.25) is 15.9 Å². The van der Waals surface area contributed by atoms with Gasteiger partial charge >= 0.3 is 0 Å². The summed E-state index contributed by atoms with van der Waals surface area (Å²) in [7, 11) is -7.34. The minimum absolute atomic E-state index is 0.0399. The molecule has 0 radical (unpaired) electrons. The van der Waals surface area contributed by atoms with Gasteiger partial charge in [-0.1, -0.05) is 28.1 Å². The summed E-state index contributed by atoms with van der Waals surface area (Å²) < 4.78 is 51.4. The molecule has 1 fully saturated rings. The summed E-state index contributed by atoms with van der Waals surface area (Å²) in [6.07, 6.45) is 1.82. The molecule has 0 atom stereocenters. The van der Waals surface area contributed by atoms with Crippen LogP contribution < -0.4 is 5.32 Å². The molecule has 0 aromatic heterocycles. The van der Waals surface area contributed by atoms with Gasteiger partial charge in [-0.3, -0.25) is 4.79 Å². The fraction of sp³-hybridized carbons (Fsp3) is 0.316. The van der Waals surface area contributed by atoms with Crippen molar-refractivity contribution in [1.29, 1.82) is 0 Å². The summed E-state index contributed by atoms with van der Waals surface area (Å²) in [5.41, 5.74) is 0.678. The second-order valence-electron chi connectivity index (χ2n) is 6.92. The maximum Gasteiger partial charge on any atom is 0.243 e. The van der Waals surface area contributed by atoms with Crippen molar-refractivity contribution in [3.63, 3.8) is 0 Å². The molecule has 10 heteroatoms. The summed E-state index contributed by atoms with van der Waals surface area (Å²) in [6.45, 7) is 0.393. The number of anilines is 1. The third kappa shape index (κ3) is 5.25. The van der Waals surface area contributed by atoms with Crippen molar-refractivity contribution in [3.8, 4) is 0 Å². The largest absolute Gasteiger partial charge is 0.326 e. The summed E-state index contributed by atoms with van der Waals surface area (Å²) in [4.78, 5) is 12.4. The van der Waals surface area contributed by atoms with Gasteiger partial charge in [0.15, 0.2) is 9.84 Å². The van der Waals surface area contributed by atoms with E-state index in [1.807, 2.05) is 12.1 Å². The Kier molecular flexibility index (Phi) is 6.47. The SMILES string of the molecule is CS(=O)(=O)c1cccc(S(=O)(=O)N2CCC(C(=O)Nc3cccc(Br)c3)CC2)c1. The van der Waals surface area contributed by atoms with Gasteiger partial charge in [-0.15, -0.1) is 0 Å². The van der Waals surface area contributed by atoms with E-state index in [4.69, 9.17) is 0 Å². The maximum atomic E-state index is 12.9. The van der Waals surface area contributed by atoms with Gasteiger partial charge in [0.1, 0.15) is 0 Å². The number of sulfone groups is 1. The van der Waals surface area contributed by atoms with Crippen LogP contribution in [0, 0.1) is 5.92 Å². The van der Waals surface area contributed by atoms with Crippen molar-refractivity contribution in [2.45, 2.75) is 22.6 Å². The summed E-state index contributed by atoms with van der Waals surface area (Å²) in [6, 6.07) is 12.6. The lowest BCUT2D eigenvalue weighted by atomic mass is 9.97. The molecule has 0 saturated carbocycles. The topological polar surface area (TPSA) is 101 Å². The standard InChI is InChI=1S/C19H21BrN2O5S2/c1-28(24,25)17-6-3-7-18(13-17)29(26,27)22-10-8-14(9-11-22)19(23)21-16-5-2-4-15(20)12-16/h2-7,12-14H,8-11H2,1H3,(H,21,23). The third-order valence-electron chi connectivity index (χ3n) is 4.79. The van der Waals surface area contributed by atoms with Crippen LogP contribution in [-0.4, -0.2) is 46.4 Å². The van der Waals surface area contributed by atoms with E-state index in [9.17, 15) is 21.6 Å². The highest BCUT2D eigenvalue weighted by atomic mass is 79.9. The van der Waals surface area contributed by atoms with E-state index in [-0.39, 0.29) is 34.7 Å². The van der Waals surface area contributed by atoms with Crippen molar-refractivity contribution in [2.24, 2.45) is 5.92 Å². The van der Waals surface area contributed by atoms with Crippen molar-refractivity contribution < 1.29 is 21.6 Å². The highest BCUT2D eigenvalue weighted by Gasteiger charge is 2.32. The van der Waals surface area contributed by atoms with E-state index in [2.05, 4.69) is 21.2 Å². The zero-order valence-electron chi connectivity index (χ0n) is 15.7. The first kappa shape index (κ1) is 21.9. The third-order valence-corrected chi connectivity index (χ3v) is 8.29. The van der Waals surface area contributed by atoms with Gasteiger partial charge in [-0.25, -0.2) is 16.8 Å². The Hall–Kier alpha value is -1.75. The Morgan fingerprint density at radius 3 is 2.24 bits per heavy atom. The van der Waals surface area contributed by atoms with Crippen molar-refractivity contribution in [3.05, 3.63) is 53.0 Å². The number of nitrogens with one attached hydrogen (secondary N) is 1. The minimum Gasteiger partial charge on any atom is -0.326 e. The molecular weight excluding hydrogens is 480 g/mol. The van der Waals surface area contributed by atoms with Gasteiger partial charge in [-0.2, -0.15) is 4.31 Å². The molecule has 1 aliphatic heterocycles. The molecule has 1 heterocycles. The zero-order valence-corrected chi connectivity index (χ0v) is 18.9. The van der Waals surface area contributed by atoms with Crippen LogP contribution >= 0.6 is 15.9 Å². The number of halogens is 1. The molecule has 0 unspecified atom stereocenters. The molecule has 0 spiro atoms. The highest BCUT2D eigenvalue weighted by molar-refractivity contribution is 9.10. The van der Waals surface area contributed by atoms with E-state index in [0.29, 0.717) is 18.5 Å². The van der Waals surface area contributed by atoms with Crippen LogP contribution in [0.5, 0.6) is 0 Å². The summed E-state index contributed by atoms with van der Waals surface area (Å²) >= 11 is 3.35. The fourth-order valence-corrected chi connectivity index (χ4v) is 5.84. The number of amides is 1. The Labute approximate surface area is 179 Å². The second-order valence-corrected chi connectivity index (χ2v) is 11.8. The Morgan fingerprint density at radius 2 is 1.62 bits per heavy atom. The summed E-state index contributed by atoms with van der Waals surface area (Å²) in [5, 5.41) is 2.86. The number of hydrogen-bond donors (Lipinski definition) is 1. The smallest absolute Gasteiger partial charge is 0.243 e. The molecule has 0 aliphatic carbocycles. The van der Waals surface area contributed by atoms with Crippen molar-refractivity contribution >= 4 is 47.4 Å². The molecule has 7 nitrogen and oxygen atoms in total. The number of hydrogen-bond acceptors (Lipinski definition) is 5. The number of rotatable bonds is 5. The highest BCUT2D eigenvalue weighted by Crippen LogP contribution is 2.26. The summed E-state index contributed by atoms with van der Waals surface area (Å²) in [5.74, 6) is -0.429. The maximum absolute atomic E-state index is 12.9. The van der Waals surface area contributed by atoms with Crippen LogP contribution in [-0.2, 0) is 24.7 Å². The second kappa shape index (κ2) is 8.55. The van der Waals surface area contributed by atoms with Crippen LogP contribution in [0.3, 0.4) is 0 Å². The Bertz CT molecular complexity index is 1120. The molecule has 3 rings (SSSR count). The lowest BCUT2D eigenvalue weighted by molar-refractivity contribution is -0.120. The van der Waals surface area contributed by atoms with Gasteiger partial charge in [-0.05, 0) is 49.2 Å². The van der Waals surface area contributed by atoms with E-state index >= 15 is 0 Å². The van der Waals surface area contributed by atoms with Crippen LogP contribution in [0.4, 0.5) is 5.69 Å². The quantitative estimate of drug-likeness (QED) is 0.679. The first-order valence-corrected chi connectivity index (χ1v) is 13.1. The van der Waals surface area contributed by atoms with E-state index in [1.165, 1.54) is 28.6 Å². The molecule has 1 saturated heterocycles. The van der Waals surface area contributed by atoms with Crippen LogP contribution in [0.2, 0.25) is 0 Å². The average molecular weight is 501 g/mol. The lowest BCUT2D eigenvalue weighted by Gasteiger charge is -2.30. The number of carbonyl (C=O) groups is 1. The first-order valence-electron chi connectivity index (χ1n) is 8.94. The normalized spacial score (nSPS) is 16.5. The van der Waals surface area contributed by atoms with Gasteiger partial charge in [0.25, 0.3) is 0 Å². The molecule has 0 bridgehead atoms. The predicted octanol–water partition coefficient (Wildman–Crippen LogP) is 2.89. The van der Waals surface area contributed by atoms with E-state index in [1.54, 1.807) is 12.1 Å². The molecule has 29 heavy (non-hydrogen) atoms. The Balaban J connectivity index is 1.67. The van der Waals surface area contributed by atoms with Gasteiger partial charge < -0.3 is 5.32 Å². The van der Waals surface area contributed by atoms with Gasteiger partial charge in [0, 0.05) is 35.4 Å². The Morgan fingerprint density at radius 1 is 1.00 bits per heavy atom. The fourth-order valence-electron chi connectivity index (χ4n) is 3.18. The molecular formula is C19H21BrN2O5S2. The molecule has 1 aliphatic rings. The zero-order chi connectivity index (χ0) is 21.2.